The van der Waals surface area contributed by atoms with Gasteiger partial charge in [-0.25, -0.2) is 0 Å². The molecule has 0 spiro atoms. The molecular formula is C16H18ClNS. The topological polar surface area (TPSA) is 26.0 Å². The molecule has 0 saturated carbocycles. The van der Waals surface area contributed by atoms with Crippen LogP contribution in [0.3, 0.4) is 0 Å². The van der Waals surface area contributed by atoms with E-state index in [2.05, 4.69) is 37.3 Å². The van der Waals surface area contributed by atoms with E-state index >= 15 is 0 Å². The van der Waals surface area contributed by atoms with E-state index < -0.39 is 0 Å². The predicted molar refractivity (Wildman–Crippen MR) is 84.7 cm³/mol. The lowest BCUT2D eigenvalue weighted by molar-refractivity contribution is 0.698. The molecule has 1 atom stereocenters. The average Bonchev–Trinajstić information content (AvgIpc) is 2.46. The van der Waals surface area contributed by atoms with Gasteiger partial charge >= 0.3 is 0 Å². The highest BCUT2D eigenvalue weighted by Gasteiger charge is 2.04. The third kappa shape index (κ3) is 4.00. The van der Waals surface area contributed by atoms with Gasteiger partial charge in [0.1, 0.15) is 0 Å². The zero-order valence-electron chi connectivity index (χ0n) is 11.0. The Balaban J connectivity index is 1.99. The Morgan fingerprint density at radius 3 is 2.42 bits per heavy atom. The van der Waals surface area contributed by atoms with E-state index in [-0.39, 0.29) is 6.04 Å². The normalized spacial score (nSPS) is 12.4. The van der Waals surface area contributed by atoms with Gasteiger partial charge in [-0.05, 0) is 35.7 Å². The lowest BCUT2D eigenvalue weighted by Gasteiger charge is -2.10. The van der Waals surface area contributed by atoms with Gasteiger partial charge in [0.15, 0.2) is 0 Å². The molecule has 19 heavy (non-hydrogen) atoms. The van der Waals surface area contributed by atoms with Gasteiger partial charge in [-0.3, -0.25) is 0 Å². The van der Waals surface area contributed by atoms with Gasteiger partial charge in [0.2, 0.25) is 0 Å². The first-order chi connectivity index (χ1) is 9.20. The fraction of sp³-hybridized carbons (Fsp3) is 0.250. The molecule has 0 aliphatic carbocycles. The summed E-state index contributed by atoms with van der Waals surface area (Å²) < 4.78 is 0. The third-order valence-corrected chi connectivity index (χ3v) is 4.53. The smallest absolute Gasteiger partial charge is 0.0446 e. The molecule has 0 heterocycles. The van der Waals surface area contributed by atoms with Crippen molar-refractivity contribution >= 4 is 23.4 Å². The summed E-state index contributed by atoms with van der Waals surface area (Å²) in [5.74, 6) is 0.888. The van der Waals surface area contributed by atoms with Crippen LogP contribution in [0.1, 0.15) is 30.5 Å². The zero-order chi connectivity index (χ0) is 13.7. The molecule has 3 heteroatoms. The van der Waals surface area contributed by atoms with E-state index in [1.54, 1.807) is 11.8 Å². The van der Waals surface area contributed by atoms with Crippen molar-refractivity contribution in [3.63, 3.8) is 0 Å². The summed E-state index contributed by atoms with van der Waals surface area (Å²) in [6.45, 7) is 2.10. The first-order valence-electron chi connectivity index (χ1n) is 6.42. The largest absolute Gasteiger partial charge is 0.324 e. The molecule has 2 rings (SSSR count). The minimum absolute atomic E-state index is 0.141. The van der Waals surface area contributed by atoms with Crippen molar-refractivity contribution in [1.82, 2.24) is 0 Å². The number of thioether (sulfide) groups is 1. The van der Waals surface area contributed by atoms with E-state index in [9.17, 15) is 0 Å². The fourth-order valence-electron chi connectivity index (χ4n) is 1.82. The van der Waals surface area contributed by atoms with Crippen LogP contribution in [-0.2, 0) is 5.75 Å². The van der Waals surface area contributed by atoms with Crippen LogP contribution in [0.15, 0.2) is 53.4 Å². The van der Waals surface area contributed by atoms with Crippen molar-refractivity contribution in [1.29, 1.82) is 0 Å². The first kappa shape index (κ1) is 14.4. The van der Waals surface area contributed by atoms with Crippen LogP contribution in [0, 0.1) is 0 Å². The Bertz CT molecular complexity index is 525. The van der Waals surface area contributed by atoms with Gasteiger partial charge in [0.25, 0.3) is 0 Å². The number of hydrogen-bond donors (Lipinski definition) is 1. The van der Waals surface area contributed by atoms with E-state index in [1.807, 2.05) is 18.2 Å². The minimum atomic E-state index is 0.141. The van der Waals surface area contributed by atoms with E-state index in [4.69, 9.17) is 17.3 Å². The van der Waals surface area contributed by atoms with Gasteiger partial charge in [-0.2, -0.15) is 0 Å². The standard InChI is InChI=1S/C16H18ClNS/c1-2-16(18)12-7-9-14(10-8-12)19-11-13-5-3-4-6-15(13)17/h3-10,16H,2,11,18H2,1H3. The van der Waals surface area contributed by atoms with Crippen LogP contribution in [0.2, 0.25) is 5.02 Å². The number of hydrogen-bond acceptors (Lipinski definition) is 2. The summed E-state index contributed by atoms with van der Waals surface area (Å²) in [7, 11) is 0. The molecule has 0 aliphatic rings. The summed E-state index contributed by atoms with van der Waals surface area (Å²) in [4.78, 5) is 1.24. The summed E-state index contributed by atoms with van der Waals surface area (Å²) >= 11 is 7.94. The molecule has 0 radical (unpaired) electrons. The van der Waals surface area contributed by atoms with Gasteiger partial charge in [0.05, 0.1) is 0 Å². The van der Waals surface area contributed by atoms with Crippen molar-refractivity contribution < 1.29 is 0 Å². The Labute approximate surface area is 124 Å². The Kier molecular flexibility index (Phi) is 5.32. The third-order valence-electron chi connectivity index (χ3n) is 3.10. The number of halogens is 1. The molecule has 1 nitrogen and oxygen atoms in total. The van der Waals surface area contributed by atoms with Crippen LogP contribution in [0.25, 0.3) is 0 Å². The van der Waals surface area contributed by atoms with Gasteiger partial charge in [-0.15, -0.1) is 11.8 Å². The molecule has 100 valence electrons. The van der Waals surface area contributed by atoms with Crippen molar-refractivity contribution in [2.45, 2.75) is 30.0 Å². The molecule has 2 N–H and O–H groups in total. The second-order valence-corrected chi connectivity index (χ2v) is 5.92. The van der Waals surface area contributed by atoms with Crippen LogP contribution >= 0.6 is 23.4 Å². The number of rotatable bonds is 5. The number of benzene rings is 2. The van der Waals surface area contributed by atoms with Crippen molar-refractivity contribution in [2.24, 2.45) is 5.73 Å². The quantitative estimate of drug-likeness (QED) is 0.781. The molecule has 0 amide bonds. The van der Waals surface area contributed by atoms with E-state index in [1.165, 1.54) is 16.0 Å². The molecule has 0 aliphatic heterocycles. The summed E-state index contributed by atoms with van der Waals surface area (Å²) in [5.41, 5.74) is 8.37. The minimum Gasteiger partial charge on any atom is -0.324 e. The van der Waals surface area contributed by atoms with Crippen molar-refractivity contribution in [2.75, 3.05) is 0 Å². The second-order valence-electron chi connectivity index (χ2n) is 4.46. The molecule has 2 aromatic rings. The maximum atomic E-state index is 6.15. The van der Waals surface area contributed by atoms with Crippen LogP contribution < -0.4 is 5.73 Å². The maximum absolute atomic E-state index is 6.15. The highest BCUT2D eigenvalue weighted by atomic mass is 35.5. The Morgan fingerprint density at radius 1 is 1.11 bits per heavy atom. The predicted octanol–water partition coefficient (Wildman–Crippen LogP) is 5.04. The highest BCUT2D eigenvalue weighted by molar-refractivity contribution is 7.98. The molecular weight excluding hydrogens is 274 g/mol. The van der Waals surface area contributed by atoms with Gasteiger partial charge in [0, 0.05) is 21.7 Å². The fourth-order valence-corrected chi connectivity index (χ4v) is 3.01. The van der Waals surface area contributed by atoms with Gasteiger partial charge in [-0.1, -0.05) is 48.9 Å². The molecule has 0 fully saturated rings. The van der Waals surface area contributed by atoms with Crippen LogP contribution in [-0.4, -0.2) is 0 Å². The van der Waals surface area contributed by atoms with Crippen molar-refractivity contribution in [3.05, 3.63) is 64.7 Å². The van der Waals surface area contributed by atoms with Crippen LogP contribution in [0.4, 0.5) is 0 Å². The van der Waals surface area contributed by atoms with Crippen LogP contribution in [0.5, 0.6) is 0 Å². The average molecular weight is 292 g/mol. The molecule has 0 saturated heterocycles. The van der Waals surface area contributed by atoms with Crippen molar-refractivity contribution in [3.8, 4) is 0 Å². The Hall–Kier alpha value is -0.960. The van der Waals surface area contributed by atoms with E-state index in [0.717, 1.165) is 17.2 Å². The maximum Gasteiger partial charge on any atom is 0.0446 e. The first-order valence-corrected chi connectivity index (χ1v) is 7.78. The molecule has 2 aromatic carbocycles. The Morgan fingerprint density at radius 2 is 1.79 bits per heavy atom. The highest BCUT2D eigenvalue weighted by Crippen LogP contribution is 2.27. The molecule has 0 aromatic heterocycles. The van der Waals surface area contributed by atoms with Gasteiger partial charge < -0.3 is 5.73 Å². The summed E-state index contributed by atoms with van der Waals surface area (Å²) in [6, 6.07) is 16.6. The zero-order valence-corrected chi connectivity index (χ0v) is 12.5. The lowest BCUT2D eigenvalue weighted by Crippen LogP contribution is -2.07. The monoisotopic (exact) mass is 291 g/mol. The molecule has 0 bridgehead atoms. The summed E-state index contributed by atoms with van der Waals surface area (Å²) in [6.07, 6.45) is 0.964. The molecule has 1 unspecified atom stereocenters. The second kappa shape index (κ2) is 6.99. The van der Waals surface area contributed by atoms with E-state index in [0.29, 0.717) is 0 Å². The SMILES string of the molecule is CCC(N)c1ccc(SCc2ccccc2Cl)cc1. The lowest BCUT2D eigenvalue weighted by atomic mass is 10.1. The number of nitrogens with two attached hydrogens (primary N) is 1. The summed E-state index contributed by atoms with van der Waals surface area (Å²) in [5, 5.41) is 0.833.